The van der Waals surface area contributed by atoms with Gasteiger partial charge in [0, 0.05) is 5.57 Å². The predicted octanol–water partition coefficient (Wildman–Crippen LogP) is 4.36. The van der Waals surface area contributed by atoms with E-state index in [2.05, 4.69) is 26.0 Å². The number of methoxy groups -OCH3 is 1. The number of fused-ring (bicyclic) bond motifs is 5. The molecule has 2 fully saturated rings. The standard InChI is InChI=1S/C22H30O4/c1-21-10-8-13(20(25)26-3)12-14(21)4-5-15-16-6-7-18(19(23)24)22(16,2)11-9-17(15)21/h4,12,15-18H,5-11H2,1-3H3,(H,23,24)/t15-,16-,17-,18+,21-,22-/m0/s1. The Labute approximate surface area is 155 Å². The summed E-state index contributed by atoms with van der Waals surface area (Å²) >= 11 is 0. The van der Waals surface area contributed by atoms with Crippen LogP contribution in [0.4, 0.5) is 0 Å². The number of hydrogen-bond donors (Lipinski definition) is 1. The lowest BCUT2D eigenvalue weighted by atomic mass is 9.48. The highest BCUT2D eigenvalue weighted by Crippen LogP contribution is 2.65. The van der Waals surface area contributed by atoms with Crippen LogP contribution >= 0.6 is 0 Å². The second-order valence-electron chi connectivity index (χ2n) is 9.36. The van der Waals surface area contributed by atoms with Crippen LogP contribution in [0.1, 0.15) is 58.8 Å². The van der Waals surface area contributed by atoms with Gasteiger partial charge >= 0.3 is 11.9 Å². The molecule has 2 saturated carbocycles. The molecule has 4 heteroatoms. The Kier molecular flexibility index (Phi) is 4.09. The lowest BCUT2D eigenvalue weighted by molar-refractivity contribution is -0.148. The molecule has 0 amide bonds. The maximum Gasteiger partial charge on any atom is 0.333 e. The Bertz CT molecular complexity index is 705. The fraction of sp³-hybridized carbons (Fsp3) is 0.727. The molecule has 142 valence electrons. The van der Waals surface area contributed by atoms with Crippen LogP contribution in [-0.4, -0.2) is 24.2 Å². The summed E-state index contributed by atoms with van der Waals surface area (Å²) in [7, 11) is 1.45. The van der Waals surface area contributed by atoms with Crippen LogP contribution in [0.15, 0.2) is 23.3 Å². The van der Waals surface area contributed by atoms with Gasteiger partial charge < -0.3 is 9.84 Å². The number of ether oxygens (including phenoxy) is 1. The largest absolute Gasteiger partial charge is 0.481 e. The maximum atomic E-state index is 11.9. The molecule has 4 aliphatic rings. The fourth-order valence-corrected chi connectivity index (χ4v) is 7.02. The average molecular weight is 358 g/mol. The molecule has 26 heavy (non-hydrogen) atoms. The highest BCUT2D eigenvalue weighted by Gasteiger charge is 2.59. The second-order valence-corrected chi connectivity index (χ2v) is 9.36. The average Bonchev–Trinajstić information content (AvgIpc) is 2.97. The van der Waals surface area contributed by atoms with Crippen molar-refractivity contribution in [3.8, 4) is 0 Å². The molecule has 0 radical (unpaired) electrons. The van der Waals surface area contributed by atoms with Crippen molar-refractivity contribution in [2.24, 2.45) is 34.5 Å². The van der Waals surface area contributed by atoms with Crippen LogP contribution < -0.4 is 0 Å². The molecule has 0 aromatic rings. The van der Waals surface area contributed by atoms with Crippen LogP contribution in [0.5, 0.6) is 0 Å². The van der Waals surface area contributed by atoms with E-state index in [0.29, 0.717) is 17.8 Å². The van der Waals surface area contributed by atoms with Crippen molar-refractivity contribution in [2.45, 2.75) is 58.8 Å². The minimum Gasteiger partial charge on any atom is -0.481 e. The van der Waals surface area contributed by atoms with E-state index in [4.69, 9.17) is 4.74 Å². The molecule has 0 aromatic heterocycles. The van der Waals surface area contributed by atoms with Gasteiger partial charge in [0.25, 0.3) is 0 Å². The summed E-state index contributed by atoms with van der Waals surface area (Å²) in [4.78, 5) is 23.7. The molecule has 4 aliphatic carbocycles. The minimum atomic E-state index is -0.602. The van der Waals surface area contributed by atoms with Gasteiger partial charge in [0.2, 0.25) is 0 Å². The summed E-state index contributed by atoms with van der Waals surface area (Å²) in [5.41, 5.74) is 2.17. The molecule has 6 atom stereocenters. The number of esters is 1. The summed E-state index contributed by atoms with van der Waals surface area (Å²) in [5.74, 6) is 0.719. The first kappa shape index (κ1) is 17.8. The predicted molar refractivity (Wildman–Crippen MR) is 98.3 cm³/mol. The quantitative estimate of drug-likeness (QED) is 0.745. The molecule has 0 heterocycles. The Balaban J connectivity index is 1.66. The Hall–Kier alpha value is -1.58. The van der Waals surface area contributed by atoms with Gasteiger partial charge in [-0.15, -0.1) is 0 Å². The molecular formula is C22H30O4. The van der Waals surface area contributed by atoms with Gasteiger partial charge in [-0.3, -0.25) is 4.79 Å². The number of rotatable bonds is 2. The van der Waals surface area contributed by atoms with Gasteiger partial charge in [-0.25, -0.2) is 4.79 Å². The van der Waals surface area contributed by atoms with E-state index in [-0.39, 0.29) is 22.7 Å². The van der Waals surface area contributed by atoms with Crippen LogP contribution in [-0.2, 0) is 14.3 Å². The van der Waals surface area contributed by atoms with Crippen molar-refractivity contribution < 1.29 is 19.4 Å². The molecule has 1 N–H and O–H groups in total. The Morgan fingerprint density at radius 2 is 1.92 bits per heavy atom. The van der Waals surface area contributed by atoms with Gasteiger partial charge in [-0.1, -0.05) is 19.9 Å². The molecule has 0 aliphatic heterocycles. The highest BCUT2D eigenvalue weighted by atomic mass is 16.5. The van der Waals surface area contributed by atoms with Crippen LogP contribution in [0.3, 0.4) is 0 Å². The summed E-state index contributed by atoms with van der Waals surface area (Å²) in [6.07, 6.45) is 11.2. The number of allylic oxidation sites excluding steroid dienone is 3. The van der Waals surface area contributed by atoms with Gasteiger partial charge in [-0.05, 0) is 85.2 Å². The smallest absolute Gasteiger partial charge is 0.333 e. The highest BCUT2D eigenvalue weighted by molar-refractivity contribution is 5.89. The molecule has 4 nitrogen and oxygen atoms in total. The third-order valence-electron chi connectivity index (χ3n) is 8.51. The monoisotopic (exact) mass is 358 g/mol. The third kappa shape index (κ3) is 2.33. The van der Waals surface area contributed by atoms with Crippen molar-refractivity contribution in [1.82, 2.24) is 0 Å². The molecule has 0 saturated heterocycles. The zero-order chi connectivity index (χ0) is 18.7. The Morgan fingerprint density at radius 1 is 1.15 bits per heavy atom. The zero-order valence-corrected chi connectivity index (χ0v) is 16.1. The van der Waals surface area contributed by atoms with E-state index in [1.807, 2.05) is 0 Å². The topological polar surface area (TPSA) is 63.6 Å². The van der Waals surface area contributed by atoms with E-state index < -0.39 is 5.97 Å². The van der Waals surface area contributed by atoms with Gasteiger partial charge in [-0.2, -0.15) is 0 Å². The van der Waals surface area contributed by atoms with Crippen LogP contribution in [0.2, 0.25) is 0 Å². The molecular weight excluding hydrogens is 328 g/mol. The van der Waals surface area contributed by atoms with Crippen molar-refractivity contribution >= 4 is 11.9 Å². The first-order valence-corrected chi connectivity index (χ1v) is 10.0. The van der Waals surface area contributed by atoms with E-state index in [1.54, 1.807) is 0 Å². The first-order valence-electron chi connectivity index (χ1n) is 10.0. The summed E-state index contributed by atoms with van der Waals surface area (Å²) < 4.78 is 4.92. The Morgan fingerprint density at radius 3 is 2.62 bits per heavy atom. The number of carboxylic acids is 1. The number of hydrogen-bond acceptors (Lipinski definition) is 3. The van der Waals surface area contributed by atoms with E-state index in [0.717, 1.165) is 50.5 Å². The first-order chi connectivity index (χ1) is 12.3. The maximum absolute atomic E-state index is 11.9. The number of aliphatic carboxylic acids is 1. The number of carbonyl (C=O) groups is 2. The number of carbonyl (C=O) groups excluding carboxylic acids is 1. The van der Waals surface area contributed by atoms with E-state index in [1.165, 1.54) is 12.7 Å². The van der Waals surface area contributed by atoms with Crippen LogP contribution in [0.25, 0.3) is 0 Å². The van der Waals surface area contributed by atoms with Gasteiger partial charge in [0.1, 0.15) is 0 Å². The lowest BCUT2D eigenvalue weighted by Gasteiger charge is -2.56. The molecule has 0 spiro atoms. The third-order valence-corrected chi connectivity index (χ3v) is 8.51. The van der Waals surface area contributed by atoms with Gasteiger partial charge in [0.15, 0.2) is 0 Å². The van der Waals surface area contributed by atoms with Crippen molar-refractivity contribution in [2.75, 3.05) is 7.11 Å². The SMILES string of the molecule is COC(=O)C1=CC2=CC[C@H]3[C@@H]4CC[C@H](C(=O)O)[C@@]4(C)CC[C@@H]3[C@@]2(C)CC1. The van der Waals surface area contributed by atoms with E-state index >= 15 is 0 Å². The van der Waals surface area contributed by atoms with Crippen molar-refractivity contribution in [1.29, 1.82) is 0 Å². The lowest BCUT2D eigenvalue weighted by Crippen LogP contribution is -2.50. The normalized spacial score (nSPS) is 44.1. The number of carboxylic acid groups (broad SMARTS) is 1. The summed E-state index contributed by atoms with van der Waals surface area (Å²) in [6.45, 7) is 4.60. The van der Waals surface area contributed by atoms with Gasteiger partial charge in [0.05, 0.1) is 13.0 Å². The summed E-state index contributed by atoms with van der Waals surface area (Å²) in [6, 6.07) is 0. The fourth-order valence-electron chi connectivity index (χ4n) is 7.02. The molecule has 0 aromatic carbocycles. The zero-order valence-electron chi connectivity index (χ0n) is 16.1. The molecule has 0 unspecified atom stereocenters. The molecule has 0 bridgehead atoms. The second kappa shape index (κ2) is 5.97. The summed E-state index contributed by atoms with van der Waals surface area (Å²) in [5, 5.41) is 9.69. The molecule has 4 rings (SSSR count). The van der Waals surface area contributed by atoms with Crippen molar-refractivity contribution in [3.05, 3.63) is 23.3 Å². The van der Waals surface area contributed by atoms with Crippen LogP contribution in [0, 0.1) is 34.5 Å². The minimum absolute atomic E-state index is 0.0453. The van der Waals surface area contributed by atoms with Crippen molar-refractivity contribution in [3.63, 3.8) is 0 Å². The van der Waals surface area contributed by atoms with E-state index in [9.17, 15) is 14.7 Å².